The summed E-state index contributed by atoms with van der Waals surface area (Å²) in [5.74, 6) is -0.545. The standard InChI is InChI=1S/C18H18FN3O2/c19-15-8-6-14(7-9-15)12-20-17(23)13-21-10-11-22(18(21)24)16-4-2-1-3-5-16/h1-9H,10-13H2,(H,20,23). The predicted molar refractivity (Wildman–Crippen MR) is 89.0 cm³/mol. The molecule has 0 atom stereocenters. The van der Waals surface area contributed by atoms with Crippen LogP contribution in [0.5, 0.6) is 0 Å². The van der Waals surface area contributed by atoms with Gasteiger partial charge in [0.2, 0.25) is 5.91 Å². The summed E-state index contributed by atoms with van der Waals surface area (Å²) in [4.78, 5) is 27.6. The Balaban J connectivity index is 1.52. The van der Waals surface area contributed by atoms with E-state index in [1.807, 2.05) is 30.3 Å². The molecule has 2 aromatic rings. The fourth-order valence-electron chi connectivity index (χ4n) is 2.61. The molecule has 0 saturated carbocycles. The van der Waals surface area contributed by atoms with Gasteiger partial charge in [-0.1, -0.05) is 30.3 Å². The van der Waals surface area contributed by atoms with Crippen LogP contribution < -0.4 is 10.2 Å². The molecule has 6 heteroatoms. The molecule has 1 aliphatic heterocycles. The number of urea groups is 1. The normalized spacial score (nSPS) is 14.1. The monoisotopic (exact) mass is 327 g/mol. The third-order valence-corrected chi connectivity index (χ3v) is 3.90. The summed E-state index contributed by atoms with van der Waals surface area (Å²) >= 11 is 0. The minimum Gasteiger partial charge on any atom is -0.350 e. The number of carbonyl (C=O) groups is 2. The van der Waals surface area contributed by atoms with Gasteiger partial charge >= 0.3 is 6.03 Å². The lowest BCUT2D eigenvalue weighted by Crippen LogP contribution is -2.39. The van der Waals surface area contributed by atoms with Crippen molar-refractivity contribution in [1.29, 1.82) is 0 Å². The Morgan fingerprint density at radius 1 is 1.04 bits per heavy atom. The van der Waals surface area contributed by atoms with Crippen molar-refractivity contribution in [1.82, 2.24) is 10.2 Å². The third kappa shape index (κ3) is 3.71. The van der Waals surface area contributed by atoms with Crippen LogP contribution in [0.25, 0.3) is 0 Å². The van der Waals surface area contributed by atoms with Gasteiger partial charge in [0.1, 0.15) is 12.4 Å². The smallest absolute Gasteiger partial charge is 0.325 e. The molecule has 0 spiro atoms. The first-order valence-corrected chi connectivity index (χ1v) is 7.76. The van der Waals surface area contributed by atoms with Crippen LogP contribution in [-0.4, -0.2) is 36.5 Å². The molecule has 124 valence electrons. The lowest BCUT2D eigenvalue weighted by Gasteiger charge is -2.18. The van der Waals surface area contributed by atoms with Crippen molar-refractivity contribution < 1.29 is 14.0 Å². The van der Waals surface area contributed by atoms with Crippen LogP contribution in [0.2, 0.25) is 0 Å². The molecule has 3 rings (SSSR count). The summed E-state index contributed by atoms with van der Waals surface area (Å²) in [6.07, 6.45) is 0. The molecule has 0 unspecified atom stereocenters. The average Bonchev–Trinajstić information content (AvgIpc) is 2.96. The number of nitrogens with one attached hydrogen (secondary N) is 1. The van der Waals surface area contributed by atoms with Gasteiger partial charge in [-0.05, 0) is 29.8 Å². The van der Waals surface area contributed by atoms with Gasteiger partial charge in [-0.25, -0.2) is 9.18 Å². The van der Waals surface area contributed by atoms with Gasteiger partial charge in [0.15, 0.2) is 0 Å². The minimum absolute atomic E-state index is 0.0172. The molecule has 0 aliphatic carbocycles. The predicted octanol–water partition coefficient (Wildman–Crippen LogP) is 2.38. The highest BCUT2D eigenvalue weighted by Crippen LogP contribution is 2.19. The van der Waals surface area contributed by atoms with E-state index in [1.165, 1.54) is 17.0 Å². The summed E-state index contributed by atoms with van der Waals surface area (Å²) in [5, 5.41) is 2.75. The lowest BCUT2D eigenvalue weighted by molar-refractivity contribution is -0.121. The van der Waals surface area contributed by atoms with Crippen LogP contribution in [0.4, 0.5) is 14.9 Å². The molecular weight excluding hydrogens is 309 g/mol. The number of nitrogens with zero attached hydrogens (tertiary/aromatic N) is 2. The zero-order chi connectivity index (χ0) is 16.9. The summed E-state index contributed by atoms with van der Waals surface area (Å²) in [5.41, 5.74) is 1.64. The zero-order valence-electron chi connectivity index (χ0n) is 13.1. The van der Waals surface area contributed by atoms with Gasteiger partial charge in [0.05, 0.1) is 0 Å². The Kier molecular flexibility index (Phi) is 4.74. The van der Waals surface area contributed by atoms with Crippen molar-refractivity contribution in [3.05, 3.63) is 66.0 Å². The Hall–Kier alpha value is -2.89. The molecule has 1 fully saturated rings. The van der Waals surface area contributed by atoms with Crippen LogP contribution >= 0.6 is 0 Å². The van der Waals surface area contributed by atoms with Crippen LogP contribution in [0.1, 0.15) is 5.56 Å². The molecule has 2 aromatic carbocycles. The summed E-state index contributed by atoms with van der Waals surface area (Å²) in [7, 11) is 0. The van der Waals surface area contributed by atoms with E-state index in [4.69, 9.17) is 0 Å². The lowest BCUT2D eigenvalue weighted by atomic mass is 10.2. The van der Waals surface area contributed by atoms with Gasteiger partial charge in [-0.15, -0.1) is 0 Å². The highest BCUT2D eigenvalue weighted by Gasteiger charge is 2.30. The molecule has 5 nitrogen and oxygen atoms in total. The van der Waals surface area contributed by atoms with E-state index in [9.17, 15) is 14.0 Å². The first-order valence-electron chi connectivity index (χ1n) is 7.76. The maximum atomic E-state index is 12.8. The fraction of sp³-hybridized carbons (Fsp3) is 0.222. The number of carbonyl (C=O) groups excluding carboxylic acids is 2. The summed E-state index contributed by atoms with van der Waals surface area (Å²) in [6, 6.07) is 15.2. The van der Waals surface area contributed by atoms with Crippen LogP contribution in [0.15, 0.2) is 54.6 Å². The van der Waals surface area contributed by atoms with Crippen molar-refractivity contribution in [2.75, 3.05) is 24.5 Å². The number of amides is 3. The van der Waals surface area contributed by atoms with Crippen molar-refractivity contribution in [2.45, 2.75) is 6.54 Å². The van der Waals surface area contributed by atoms with Gasteiger partial charge in [0.25, 0.3) is 0 Å². The van der Waals surface area contributed by atoms with E-state index >= 15 is 0 Å². The summed E-state index contributed by atoms with van der Waals surface area (Å²) in [6.45, 7) is 1.40. The second-order valence-corrected chi connectivity index (χ2v) is 5.59. The molecule has 1 saturated heterocycles. The SMILES string of the molecule is O=C(CN1CCN(c2ccccc2)C1=O)NCc1ccc(F)cc1. The maximum absolute atomic E-state index is 12.8. The first-order chi connectivity index (χ1) is 11.6. The molecule has 1 heterocycles. The average molecular weight is 327 g/mol. The quantitative estimate of drug-likeness (QED) is 0.917. The fourth-order valence-corrected chi connectivity index (χ4v) is 2.61. The third-order valence-electron chi connectivity index (χ3n) is 3.90. The van der Waals surface area contributed by atoms with E-state index in [-0.39, 0.29) is 24.3 Å². The maximum Gasteiger partial charge on any atom is 0.325 e. The van der Waals surface area contributed by atoms with Gasteiger partial charge < -0.3 is 10.2 Å². The number of hydrogen-bond acceptors (Lipinski definition) is 2. The van der Waals surface area contributed by atoms with E-state index in [1.54, 1.807) is 17.0 Å². The molecule has 24 heavy (non-hydrogen) atoms. The van der Waals surface area contributed by atoms with Crippen LogP contribution in [0.3, 0.4) is 0 Å². The van der Waals surface area contributed by atoms with Crippen molar-refractivity contribution in [2.24, 2.45) is 0 Å². The van der Waals surface area contributed by atoms with Crippen LogP contribution in [0, 0.1) is 5.82 Å². The van der Waals surface area contributed by atoms with Crippen molar-refractivity contribution in [3.63, 3.8) is 0 Å². The molecule has 0 bridgehead atoms. The second-order valence-electron chi connectivity index (χ2n) is 5.59. The number of benzene rings is 2. The van der Waals surface area contributed by atoms with E-state index in [0.717, 1.165) is 11.3 Å². The van der Waals surface area contributed by atoms with Crippen molar-refractivity contribution >= 4 is 17.6 Å². The number of rotatable bonds is 5. The number of anilines is 1. The number of halogens is 1. The Morgan fingerprint density at radius 3 is 2.46 bits per heavy atom. The first kappa shape index (κ1) is 16.0. The number of para-hydroxylation sites is 1. The molecule has 0 aromatic heterocycles. The highest BCUT2D eigenvalue weighted by atomic mass is 19.1. The van der Waals surface area contributed by atoms with Gasteiger partial charge in [0, 0.05) is 25.3 Å². The zero-order valence-corrected chi connectivity index (χ0v) is 13.1. The van der Waals surface area contributed by atoms with Crippen LogP contribution in [-0.2, 0) is 11.3 Å². The van der Waals surface area contributed by atoms with Gasteiger partial charge in [-0.2, -0.15) is 0 Å². The van der Waals surface area contributed by atoms with Gasteiger partial charge in [-0.3, -0.25) is 9.69 Å². The summed E-state index contributed by atoms with van der Waals surface area (Å²) < 4.78 is 12.8. The highest BCUT2D eigenvalue weighted by molar-refractivity contribution is 5.96. The number of hydrogen-bond donors (Lipinski definition) is 1. The van der Waals surface area contributed by atoms with E-state index in [0.29, 0.717) is 19.6 Å². The molecule has 1 N–H and O–H groups in total. The Labute approximate surface area is 139 Å². The van der Waals surface area contributed by atoms with Crippen molar-refractivity contribution in [3.8, 4) is 0 Å². The molecule has 1 aliphatic rings. The molecule has 3 amide bonds. The Bertz CT molecular complexity index is 719. The second kappa shape index (κ2) is 7.12. The topological polar surface area (TPSA) is 52.7 Å². The van der Waals surface area contributed by atoms with E-state index < -0.39 is 0 Å². The molecule has 0 radical (unpaired) electrons. The van der Waals surface area contributed by atoms with E-state index in [2.05, 4.69) is 5.32 Å². The minimum atomic E-state index is -0.311. The molecular formula is C18H18FN3O2. The largest absolute Gasteiger partial charge is 0.350 e. The Morgan fingerprint density at radius 2 is 1.75 bits per heavy atom.